The minimum absolute atomic E-state index is 0.387. The average Bonchev–Trinajstić information content (AvgIpc) is 0.811. The van der Waals surface area contributed by atoms with Crippen LogP contribution in [-0.2, 0) is 0 Å². The molecule has 0 bridgehead atoms. The molecule has 0 amide bonds. The second-order valence-electron chi connectivity index (χ2n) is 0.543. The Kier molecular flexibility index (Phi) is 2.95. The number of alkyl halides is 1. The molecule has 0 fully saturated rings. The van der Waals surface area contributed by atoms with Crippen molar-refractivity contribution < 1.29 is 0 Å². The molecule has 0 aliphatic heterocycles. The van der Waals surface area contributed by atoms with Crippen LogP contribution in [0.15, 0.2) is 0 Å². The van der Waals surface area contributed by atoms with Crippen molar-refractivity contribution in [2.24, 2.45) is 0 Å². The normalized spacial score (nSPS) is 15.8. The molecular weight excluding hydrogens is 183 g/mol. The first kappa shape index (κ1) is 5.08. The van der Waals surface area contributed by atoms with E-state index < -0.39 is 0 Å². The van der Waals surface area contributed by atoms with Gasteiger partial charge in [-0.3, -0.25) is 0 Å². The van der Waals surface area contributed by atoms with E-state index in [9.17, 15) is 0 Å². The first-order chi connectivity index (χ1) is 1.73. The third-order valence-corrected chi connectivity index (χ3v) is 0. The molecule has 0 aromatic heterocycles. The zero-order valence-electron chi connectivity index (χ0n) is 2.36. The van der Waals surface area contributed by atoms with Crippen LogP contribution in [0.4, 0.5) is 0 Å². The van der Waals surface area contributed by atoms with Crippen molar-refractivity contribution in [2.45, 2.75) is 10.2 Å². The highest BCUT2D eigenvalue weighted by molar-refractivity contribution is 14.1. The smallest absolute Gasteiger partial charge is 0.0640 e. The maximum Gasteiger partial charge on any atom is 0.0640 e. The van der Waals surface area contributed by atoms with Gasteiger partial charge >= 0.3 is 0 Å². The van der Waals surface area contributed by atoms with Crippen molar-refractivity contribution in [3.05, 3.63) is 0 Å². The van der Waals surface area contributed by atoms with E-state index >= 15 is 0 Å². The fourth-order valence-electron chi connectivity index (χ4n) is 0. The molecule has 4 heavy (non-hydrogen) atoms. The Morgan fingerprint density at radius 3 is 2.00 bits per heavy atom. The highest BCUT2D eigenvalue weighted by Crippen LogP contribution is 1.99. The summed E-state index contributed by atoms with van der Waals surface area (Å²) in [6, 6.07) is 0. The minimum atomic E-state index is 0.387. The summed E-state index contributed by atoms with van der Waals surface area (Å²) in [7, 11) is 0. The maximum atomic E-state index is 4.61. The van der Waals surface area contributed by atoms with Gasteiger partial charge in [-0.05, 0) is 6.92 Å². The van der Waals surface area contributed by atoms with Gasteiger partial charge in [-0.2, -0.15) is 0 Å². The highest BCUT2D eigenvalue weighted by atomic mass is 127. The van der Waals surface area contributed by atoms with E-state index in [4.69, 9.17) is 0 Å². The molecule has 1 atom stereocenters. The van der Waals surface area contributed by atoms with Crippen LogP contribution in [0.1, 0.15) is 6.92 Å². The Balaban J connectivity index is 2.32. The van der Waals surface area contributed by atoms with Crippen LogP contribution >= 0.6 is 35.2 Å². The number of hydrogen-bond donors (Lipinski definition) is 0. The summed E-state index contributed by atoms with van der Waals surface area (Å²) in [6.45, 7) is 1.97. The van der Waals surface area contributed by atoms with Crippen LogP contribution in [0.5, 0.6) is 0 Å². The van der Waals surface area contributed by atoms with Gasteiger partial charge in [0.1, 0.15) is 0 Å². The van der Waals surface area contributed by atoms with Crippen LogP contribution in [0.3, 0.4) is 0 Å². The van der Waals surface area contributed by atoms with E-state index in [-0.39, 0.29) is 0 Å². The lowest BCUT2D eigenvalue weighted by Gasteiger charge is -1.73. The average molecular weight is 187 g/mol. The van der Waals surface area contributed by atoms with Gasteiger partial charge in [0, 0.05) is 0 Å². The molecule has 0 aromatic carbocycles. The van der Waals surface area contributed by atoms with Gasteiger partial charge in [-0.15, -0.1) is 0 Å². The largest absolute Gasteiger partial charge is 0.0792 e. The summed E-state index contributed by atoms with van der Waals surface area (Å²) in [4.78, 5) is 0. The van der Waals surface area contributed by atoms with Gasteiger partial charge in [0.05, 0.1) is 3.26 Å². The van der Waals surface area contributed by atoms with E-state index in [2.05, 4.69) is 35.2 Å². The first-order valence-electron chi connectivity index (χ1n) is 1.03. The number of rotatable bonds is 0. The van der Waals surface area contributed by atoms with Gasteiger partial charge in [0.15, 0.2) is 0 Å². The standard InChI is InChI=1S/C2H4IS/c1-2(3)4/h2H,1H3. The highest BCUT2D eigenvalue weighted by Gasteiger charge is 1.73. The fraction of sp³-hybridized carbons (Fsp3) is 1.00. The Labute approximate surface area is 45.5 Å². The van der Waals surface area contributed by atoms with Crippen LogP contribution in [0.2, 0.25) is 0 Å². The Morgan fingerprint density at radius 2 is 2.00 bits per heavy atom. The zero-order valence-corrected chi connectivity index (χ0v) is 5.34. The van der Waals surface area contributed by atoms with Crippen molar-refractivity contribution in [3.8, 4) is 0 Å². The molecule has 25 valence electrons. The molecule has 0 aliphatic rings. The van der Waals surface area contributed by atoms with Gasteiger partial charge in [0.2, 0.25) is 0 Å². The summed E-state index contributed by atoms with van der Waals surface area (Å²) >= 11 is 6.77. The molecule has 0 aromatic rings. The lowest BCUT2D eigenvalue weighted by molar-refractivity contribution is 1.50. The maximum absolute atomic E-state index is 4.61. The summed E-state index contributed by atoms with van der Waals surface area (Å²) in [5.74, 6) is 0. The van der Waals surface area contributed by atoms with E-state index in [1.54, 1.807) is 0 Å². The summed E-state index contributed by atoms with van der Waals surface area (Å²) in [5.41, 5.74) is 0. The van der Waals surface area contributed by atoms with Crippen LogP contribution in [0, 0.1) is 0 Å². The van der Waals surface area contributed by atoms with Crippen molar-refractivity contribution >= 4 is 35.2 Å². The Hall–Kier alpha value is 1.08. The molecule has 0 spiro atoms. The number of halogens is 1. The van der Waals surface area contributed by atoms with Gasteiger partial charge < -0.3 is 0 Å². The van der Waals surface area contributed by atoms with Gasteiger partial charge in [0.25, 0.3) is 0 Å². The Morgan fingerprint density at radius 1 is 2.00 bits per heavy atom. The topological polar surface area (TPSA) is 0 Å². The lowest BCUT2D eigenvalue weighted by Crippen LogP contribution is -1.61. The molecule has 0 saturated carbocycles. The SMILES string of the molecule is CC([S])I. The molecule has 0 heterocycles. The van der Waals surface area contributed by atoms with Crippen molar-refractivity contribution in [3.63, 3.8) is 0 Å². The predicted molar refractivity (Wildman–Crippen MR) is 31.1 cm³/mol. The van der Waals surface area contributed by atoms with Crippen molar-refractivity contribution in [1.82, 2.24) is 0 Å². The molecule has 1 radical (unpaired) electrons. The second-order valence-corrected chi connectivity index (χ2v) is 3.96. The van der Waals surface area contributed by atoms with Crippen LogP contribution in [0.25, 0.3) is 0 Å². The Bertz CT molecular complexity index is 10.8. The van der Waals surface area contributed by atoms with Crippen LogP contribution in [-0.4, -0.2) is 3.26 Å². The third-order valence-electron chi connectivity index (χ3n) is 0. The van der Waals surface area contributed by atoms with E-state index in [1.165, 1.54) is 0 Å². The summed E-state index contributed by atoms with van der Waals surface area (Å²) in [6.07, 6.45) is 0. The molecule has 0 nitrogen and oxygen atoms in total. The molecule has 1 unspecified atom stereocenters. The molecule has 0 aliphatic carbocycles. The molecule has 0 rings (SSSR count). The minimum Gasteiger partial charge on any atom is -0.0792 e. The van der Waals surface area contributed by atoms with Gasteiger partial charge in [-0.25, -0.2) is 0 Å². The van der Waals surface area contributed by atoms with E-state index in [1.807, 2.05) is 6.92 Å². The van der Waals surface area contributed by atoms with E-state index in [0.29, 0.717) is 3.26 Å². The quantitative estimate of drug-likeness (QED) is 0.401. The monoisotopic (exact) mass is 187 g/mol. The molecular formula is C2H4IS. The summed E-state index contributed by atoms with van der Waals surface area (Å²) < 4.78 is 0.387. The number of hydrogen-bond acceptors (Lipinski definition) is 0. The van der Waals surface area contributed by atoms with Crippen LogP contribution < -0.4 is 0 Å². The third kappa shape index (κ3) is 11.4. The predicted octanol–water partition coefficient (Wildman–Crippen LogP) is 1.96. The first-order valence-corrected chi connectivity index (χ1v) is 2.75. The van der Waals surface area contributed by atoms with E-state index in [0.717, 1.165) is 0 Å². The van der Waals surface area contributed by atoms with Crippen molar-refractivity contribution in [1.29, 1.82) is 0 Å². The molecule has 2 heteroatoms. The second kappa shape index (κ2) is 2.33. The zero-order chi connectivity index (χ0) is 3.58. The summed E-state index contributed by atoms with van der Waals surface area (Å²) in [5, 5.41) is 0. The van der Waals surface area contributed by atoms with Crippen molar-refractivity contribution in [2.75, 3.05) is 0 Å². The lowest BCUT2D eigenvalue weighted by atomic mass is 11.0. The molecule has 0 N–H and O–H groups in total. The fourth-order valence-corrected chi connectivity index (χ4v) is 0. The van der Waals surface area contributed by atoms with Gasteiger partial charge in [-0.1, -0.05) is 35.2 Å². The molecule has 0 saturated heterocycles.